The van der Waals surface area contributed by atoms with Crippen LogP contribution in [0, 0.1) is 37.5 Å². The van der Waals surface area contributed by atoms with Crippen molar-refractivity contribution < 1.29 is 24.2 Å². The first-order valence-corrected chi connectivity index (χ1v) is 12.0. The molecule has 7 nitrogen and oxygen atoms in total. The Labute approximate surface area is 196 Å². The van der Waals surface area contributed by atoms with E-state index in [1.165, 1.54) is 0 Å². The number of carbonyl (C=O) groups is 3. The number of allylic oxidation sites excluding steroid dienone is 1. The van der Waals surface area contributed by atoms with Gasteiger partial charge in [-0.1, -0.05) is 43.7 Å². The van der Waals surface area contributed by atoms with Crippen LogP contribution in [-0.2, 0) is 19.1 Å². The Morgan fingerprint density at radius 2 is 1.85 bits per heavy atom. The number of aliphatic hydroxyl groups is 1. The highest BCUT2D eigenvalue weighted by molar-refractivity contribution is 6.02. The standard InChI is InChI=1S/C26H36N2O5/c1-5-9-18-12-13-19-21(20(18)26(32)33-6-2)25(31)28(14-8-15-29)23(19)24(30)27-22-16(3)10-7-11-17(22)4/h7,10-13,18-21,23,29H,5-6,8-9,14-15H2,1-4H3,(H,27,30)/t18-,19+,20-,21+,23+/m1/s1. The molecule has 1 aromatic rings. The zero-order valence-electron chi connectivity index (χ0n) is 20.0. The van der Waals surface area contributed by atoms with E-state index in [2.05, 4.69) is 5.32 Å². The number of likely N-dealkylation sites (tertiary alicyclic amines) is 1. The highest BCUT2D eigenvalue weighted by atomic mass is 16.5. The largest absolute Gasteiger partial charge is 0.466 e. The van der Waals surface area contributed by atoms with Crippen molar-refractivity contribution in [3.8, 4) is 0 Å². The van der Waals surface area contributed by atoms with Gasteiger partial charge in [0.25, 0.3) is 0 Å². The molecular formula is C26H36N2O5. The minimum Gasteiger partial charge on any atom is -0.466 e. The number of esters is 1. The third-order valence-electron chi connectivity index (χ3n) is 6.85. The van der Waals surface area contributed by atoms with Gasteiger partial charge in [0.15, 0.2) is 0 Å². The summed E-state index contributed by atoms with van der Waals surface area (Å²) in [6.07, 6.45) is 5.96. The lowest BCUT2D eigenvalue weighted by Gasteiger charge is -2.33. The summed E-state index contributed by atoms with van der Waals surface area (Å²) in [5.74, 6) is -2.63. The molecule has 0 spiro atoms. The Morgan fingerprint density at radius 3 is 2.45 bits per heavy atom. The number of amides is 2. The van der Waals surface area contributed by atoms with E-state index in [1.54, 1.807) is 11.8 Å². The summed E-state index contributed by atoms with van der Waals surface area (Å²) in [7, 11) is 0. The van der Waals surface area contributed by atoms with E-state index in [4.69, 9.17) is 4.74 Å². The summed E-state index contributed by atoms with van der Waals surface area (Å²) < 4.78 is 5.37. The van der Waals surface area contributed by atoms with Crippen molar-refractivity contribution in [2.24, 2.45) is 23.7 Å². The van der Waals surface area contributed by atoms with Crippen LogP contribution in [0.1, 0.15) is 44.2 Å². The lowest BCUT2D eigenvalue weighted by atomic mass is 9.69. The van der Waals surface area contributed by atoms with Crippen molar-refractivity contribution in [3.05, 3.63) is 41.5 Å². The monoisotopic (exact) mass is 456 g/mol. The molecule has 7 heteroatoms. The van der Waals surface area contributed by atoms with E-state index in [0.717, 1.165) is 29.7 Å². The van der Waals surface area contributed by atoms with Crippen LogP contribution < -0.4 is 5.32 Å². The van der Waals surface area contributed by atoms with E-state index >= 15 is 0 Å². The van der Waals surface area contributed by atoms with Gasteiger partial charge >= 0.3 is 5.97 Å². The number of para-hydroxylation sites is 1. The zero-order valence-corrected chi connectivity index (χ0v) is 20.0. The van der Waals surface area contributed by atoms with Gasteiger partial charge in [-0.2, -0.15) is 0 Å². The van der Waals surface area contributed by atoms with Crippen molar-refractivity contribution in [1.82, 2.24) is 4.90 Å². The fraction of sp³-hybridized carbons (Fsp3) is 0.577. The smallest absolute Gasteiger partial charge is 0.310 e. The van der Waals surface area contributed by atoms with Gasteiger partial charge in [-0.15, -0.1) is 0 Å². The van der Waals surface area contributed by atoms with Crippen molar-refractivity contribution in [3.63, 3.8) is 0 Å². The third-order valence-corrected chi connectivity index (χ3v) is 6.85. The van der Waals surface area contributed by atoms with E-state index in [1.807, 2.05) is 51.1 Å². The third kappa shape index (κ3) is 4.98. The molecule has 1 saturated heterocycles. The first-order chi connectivity index (χ1) is 15.8. The average Bonchev–Trinajstić information content (AvgIpc) is 3.06. The topological polar surface area (TPSA) is 95.9 Å². The number of fused-ring (bicyclic) bond motifs is 1. The van der Waals surface area contributed by atoms with Crippen molar-refractivity contribution >= 4 is 23.5 Å². The number of carbonyl (C=O) groups excluding carboxylic acids is 3. The molecule has 0 aromatic heterocycles. The van der Waals surface area contributed by atoms with Gasteiger partial charge in [0.2, 0.25) is 11.8 Å². The van der Waals surface area contributed by atoms with Crippen LogP contribution in [0.3, 0.4) is 0 Å². The Balaban J connectivity index is 1.99. The maximum atomic E-state index is 13.6. The van der Waals surface area contributed by atoms with Gasteiger partial charge in [-0.3, -0.25) is 14.4 Å². The molecule has 33 heavy (non-hydrogen) atoms. The molecule has 0 bridgehead atoms. The number of nitrogens with zero attached hydrogens (tertiary/aromatic N) is 1. The van der Waals surface area contributed by atoms with Crippen LogP contribution in [0.4, 0.5) is 5.69 Å². The predicted octanol–water partition coefficient (Wildman–Crippen LogP) is 3.23. The maximum Gasteiger partial charge on any atom is 0.310 e. The molecule has 3 rings (SSSR count). The first kappa shape index (κ1) is 25.0. The highest BCUT2D eigenvalue weighted by Crippen LogP contribution is 2.46. The molecule has 0 saturated carbocycles. The van der Waals surface area contributed by atoms with E-state index < -0.39 is 23.8 Å². The summed E-state index contributed by atoms with van der Waals surface area (Å²) in [5, 5.41) is 12.4. The summed E-state index contributed by atoms with van der Waals surface area (Å²) in [6, 6.07) is 5.05. The minimum absolute atomic E-state index is 0.0834. The number of aryl methyl sites for hydroxylation is 2. The predicted molar refractivity (Wildman–Crippen MR) is 126 cm³/mol. The minimum atomic E-state index is -0.746. The van der Waals surface area contributed by atoms with Crippen LogP contribution in [0.5, 0.6) is 0 Å². The Bertz CT molecular complexity index is 892. The lowest BCUT2D eigenvalue weighted by molar-refractivity contribution is -0.155. The van der Waals surface area contributed by atoms with Crippen molar-refractivity contribution in [1.29, 1.82) is 0 Å². The van der Waals surface area contributed by atoms with Gasteiger partial charge < -0.3 is 20.1 Å². The quantitative estimate of drug-likeness (QED) is 0.439. The summed E-state index contributed by atoms with van der Waals surface area (Å²) in [5.41, 5.74) is 2.63. The molecule has 0 unspecified atom stereocenters. The lowest BCUT2D eigenvalue weighted by Crippen LogP contribution is -2.45. The fourth-order valence-corrected chi connectivity index (χ4v) is 5.36. The molecule has 0 radical (unpaired) electrons. The molecule has 180 valence electrons. The SMILES string of the molecule is CCC[C@@H]1C=C[C@H]2[C@H](C(=O)N(CCCO)[C@@H]2C(=O)Nc2c(C)cccc2C)[C@@H]1C(=O)OCC. The Kier molecular flexibility index (Phi) is 8.30. The second-order valence-corrected chi connectivity index (χ2v) is 9.03. The van der Waals surface area contributed by atoms with Gasteiger partial charge in [0, 0.05) is 24.8 Å². The normalized spacial score (nSPS) is 26.3. The number of rotatable bonds is 9. The number of ether oxygens (including phenoxy) is 1. The average molecular weight is 457 g/mol. The van der Waals surface area contributed by atoms with E-state index in [-0.39, 0.29) is 43.5 Å². The Morgan fingerprint density at radius 1 is 1.15 bits per heavy atom. The molecule has 1 fully saturated rings. The summed E-state index contributed by atoms with van der Waals surface area (Å²) in [6.45, 7) is 8.09. The number of nitrogens with one attached hydrogen (secondary N) is 1. The van der Waals surface area contributed by atoms with E-state index in [9.17, 15) is 19.5 Å². The first-order valence-electron chi connectivity index (χ1n) is 12.0. The molecule has 2 amide bonds. The summed E-state index contributed by atoms with van der Waals surface area (Å²) in [4.78, 5) is 41.8. The van der Waals surface area contributed by atoms with Crippen molar-refractivity contribution in [2.45, 2.75) is 53.0 Å². The van der Waals surface area contributed by atoms with Gasteiger partial charge in [-0.25, -0.2) is 0 Å². The van der Waals surface area contributed by atoms with Crippen molar-refractivity contribution in [2.75, 3.05) is 25.1 Å². The molecule has 2 aliphatic rings. The highest BCUT2D eigenvalue weighted by Gasteiger charge is 2.57. The number of aliphatic hydroxyl groups excluding tert-OH is 1. The van der Waals surface area contributed by atoms with Crippen LogP contribution >= 0.6 is 0 Å². The second-order valence-electron chi connectivity index (χ2n) is 9.03. The fourth-order valence-electron chi connectivity index (χ4n) is 5.36. The molecule has 1 heterocycles. The molecule has 1 aliphatic heterocycles. The molecule has 5 atom stereocenters. The molecule has 1 aliphatic carbocycles. The number of hydrogen-bond acceptors (Lipinski definition) is 5. The number of benzene rings is 1. The van der Waals surface area contributed by atoms with Crippen LogP contribution in [0.25, 0.3) is 0 Å². The molecule has 1 aromatic carbocycles. The Hall–Kier alpha value is -2.67. The van der Waals surface area contributed by atoms with Crippen LogP contribution in [-0.4, -0.2) is 53.6 Å². The number of anilines is 1. The second kappa shape index (κ2) is 11.0. The zero-order chi connectivity index (χ0) is 24.1. The molecular weight excluding hydrogens is 420 g/mol. The molecule has 2 N–H and O–H groups in total. The summed E-state index contributed by atoms with van der Waals surface area (Å²) >= 11 is 0. The number of hydrogen-bond donors (Lipinski definition) is 2. The van der Waals surface area contributed by atoms with Gasteiger partial charge in [0.1, 0.15) is 6.04 Å². The van der Waals surface area contributed by atoms with Crippen LogP contribution in [0.15, 0.2) is 30.4 Å². The van der Waals surface area contributed by atoms with Gasteiger partial charge in [-0.05, 0) is 50.7 Å². The van der Waals surface area contributed by atoms with E-state index in [0.29, 0.717) is 6.42 Å². The maximum absolute atomic E-state index is 13.6. The van der Waals surface area contributed by atoms with Crippen LogP contribution in [0.2, 0.25) is 0 Å². The van der Waals surface area contributed by atoms with Gasteiger partial charge in [0.05, 0.1) is 18.4 Å².